The van der Waals surface area contributed by atoms with Crippen LogP contribution in [0.4, 0.5) is 10.3 Å². The molecule has 0 atom stereocenters. The number of anilines is 1. The maximum absolute atomic E-state index is 13.6. The van der Waals surface area contributed by atoms with Crippen LogP contribution < -0.4 is 5.73 Å². The van der Waals surface area contributed by atoms with Gasteiger partial charge in [0.25, 0.3) is 0 Å². The number of imidazole rings is 1. The summed E-state index contributed by atoms with van der Waals surface area (Å²) in [7, 11) is 1.84. The lowest BCUT2D eigenvalue weighted by Crippen LogP contribution is -2.06. The van der Waals surface area contributed by atoms with Gasteiger partial charge < -0.3 is 5.73 Å². The van der Waals surface area contributed by atoms with Crippen molar-refractivity contribution in [2.75, 3.05) is 5.73 Å². The first-order valence-corrected chi connectivity index (χ1v) is 7.47. The molecule has 3 aromatic rings. The van der Waals surface area contributed by atoms with Gasteiger partial charge in [-0.1, -0.05) is 13.3 Å². The summed E-state index contributed by atoms with van der Waals surface area (Å²) in [4.78, 5) is 4.41. The van der Waals surface area contributed by atoms with Crippen molar-refractivity contribution in [1.82, 2.24) is 19.3 Å². The summed E-state index contributed by atoms with van der Waals surface area (Å²) in [6, 6.07) is 4.47. The smallest absolute Gasteiger partial charge is 0.207 e. The maximum atomic E-state index is 13.6. The van der Waals surface area contributed by atoms with Crippen LogP contribution in [0.15, 0.2) is 22.7 Å². The Labute approximate surface area is 129 Å². The summed E-state index contributed by atoms with van der Waals surface area (Å²) >= 11 is 3.43. The van der Waals surface area contributed by atoms with Crippen molar-refractivity contribution >= 4 is 33.0 Å². The number of aromatic nitrogens is 4. The van der Waals surface area contributed by atoms with Crippen molar-refractivity contribution in [3.63, 3.8) is 0 Å². The molecule has 3 rings (SSSR count). The first-order valence-electron chi connectivity index (χ1n) is 6.68. The van der Waals surface area contributed by atoms with Crippen LogP contribution in [0.2, 0.25) is 0 Å². The normalized spacial score (nSPS) is 11.4. The number of nitrogen functional groups attached to an aromatic ring is 1. The third kappa shape index (κ3) is 2.21. The number of halogens is 2. The van der Waals surface area contributed by atoms with Crippen molar-refractivity contribution < 1.29 is 4.39 Å². The Kier molecular flexibility index (Phi) is 3.44. The second kappa shape index (κ2) is 5.14. The van der Waals surface area contributed by atoms with E-state index >= 15 is 0 Å². The largest absolute Gasteiger partial charge is 0.369 e. The van der Waals surface area contributed by atoms with Crippen molar-refractivity contribution in [2.24, 2.45) is 7.05 Å². The highest BCUT2D eigenvalue weighted by Crippen LogP contribution is 2.30. The molecule has 0 unspecified atom stereocenters. The van der Waals surface area contributed by atoms with E-state index in [0.29, 0.717) is 11.6 Å². The molecule has 2 heterocycles. The zero-order valence-corrected chi connectivity index (χ0v) is 13.4. The summed E-state index contributed by atoms with van der Waals surface area (Å²) in [5.41, 5.74) is 9.11. The molecule has 0 spiro atoms. The molecule has 0 aliphatic rings. The number of rotatable bonds is 3. The summed E-state index contributed by atoms with van der Waals surface area (Å²) < 4.78 is 17.8. The highest BCUT2D eigenvalue weighted by Gasteiger charge is 2.20. The summed E-state index contributed by atoms with van der Waals surface area (Å²) in [6.07, 6.45) is 1.81. The maximum Gasteiger partial charge on any atom is 0.207 e. The van der Waals surface area contributed by atoms with Gasteiger partial charge in [0.1, 0.15) is 11.3 Å². The molecule has 1 aromatic carbocycles. The molecule has 0 saturated carbocycles. The fourth-order valence-corrected chi connectivity index (χ4v) is 2.92. The zero-order valence-electron chi connectivity index (χ0n) is 11.8. The first-order chi connectivity index (χ1) is 10.0. The fraction of sp³-hybridized carbons (Fsp3) is 0.286. The monoisotopic (exact) mass is 351 g/mol. The van der Waals surface area contributed by atoms with Crippen molar-refractivity contribution in [2.45, 2.75) is 19.8 Å². The minimum absolute atomic E-state index is 0.321. The van der Waals surface area contributed by atoms with E-state index in [0.717, 1.165) is 34.2 Å². The average Bonchev–Trinajstić information content (AvgIpc) is 2.91. The predicted molar refractivity (Wildman–Crippen MR) is 83.9 cm³/mol. The third-order valence-electron chi connectivity index (χ3n) is 3.37. The SMILES string of the molecule is CCCc1nn(C)c2c1nc(N)n2-c1cc(F)ccc1Br. The van der Waals surface area contributed by atoms with Gasteiger partial charge in [-0.15, -0.1) is 0 Å². The third-order valence-corrected chi connectivity index (χ3v) is 4.04. The Balaban J connectivity index is 2.32. The second-order valence-electron chi connectivity index (χ2n) is 4.89. The molecule has 0 bridgehead atoms. The molecule has 0 saturated heterocycles. The molecule has 0 radical (unpaired) electrons. The quantitative estimate of drug-likeness (QED) is 0.788. The molecule has 0 aliphatic carbocycles. The van der Waals surface area contributed by atoms with Gasteiger partial charge in [0.2, 0.25) is 5.95 Å². The van der Waals surface area contributed by atoms with Crippen LogP contribution in [0, 0.1) is 5.82 Å². The standard InChI is InChI=1S/C14H15BrFN5/c1-3-4-10-12-13(20(2)19-10)21(14(17)18-12)11-7-8(16)5-6-9(11)15/h5-7H,3-4H2,1-2H3,(H2,17,18). The van der Waals surface area contributed by atoms with Crippen LogP contribution in [-0.4, -0.2) is 19.3 Å². The highest BCUT2D eigenvalue weighted by molar-refractivity contribution is 9.10. The molecule has 0 aliphatic heterocycles. The van der Waals surface area contributed by atoms with Crippen LogP contribution in [0.3, 0.4) is 0 Å². The lowest BCUT2D eigenvalue weighted by molar-refractivity contribution is 0.626. The summed E-state index contributed by atoms with van der Waals surface area (Å²) in [5.74, 6) is -0.00736. The van der Waals surface area contributed by atoms with Crippen molar-refractivity contribution in [1.29, 1.82) is 0 Å². The first kappa shape index (κ1) is 14.1. The van der Waals surface area contributed by atoms with E-state index in [1.54, 1.807) is 15.3 Å². The Bertz CT molecular complexity index is 820. The molecule has 21 heavy (non-hydrogen) atoms. The average molecular weight is 352 g/mol. The van der Waals surface area contributed by atoms with Crippen LogP contribution in [-0.2, 0) is 13.5 Å². The van der Waals surface area contributed by atoms with Crippen LogP contribution >= 0.6 is 15.9 Å². The minimum atomic E-state index is -0.328. The van der Waals surface area contributed by atoms with Crippen LogP contribution in [0.5, 0.6) is 0 Å². The Hall–Kier alpha value is -1.89. The fourth-order valence-electron chi connectivity index (χ4n) is 2.50. The van der Waals surface area contributed by atoms with E-state index in [1.807, 2.05) is 7.05 Å². The van der Waals surface area contributed by atoms with Gasteiger partial charge in [-0.2, -0.15) is 5.10 Å². The van der Waals surface area contributed by atoms with Crippen LogP contribution in [0.25, 0.3) is 16.9 Å². The Morgan fingerprint density at radius 1 is 1.38 bits per heavy atom. The Morgan fingerprint density at radius 3 is 2.86 bits per heavy atom. The number of hydrogen-bond donors (Lipinski definition) is 1. The molecule has 7 heteroatoms. The molecule has 5 nitrogen and oxygen atoms in total. The van der Waals surface area contributed by atoms with E-state index < -0.39 is 0 Å². The number of benzene rings is 1. The predicted octanol–water partition coefficient (Wildman–Crippen LogP) is 3.20. The number of nitrogens with zero attached hydrogens (tertiary/aromatic N) is 4. The highest BCUT2D eigenvalue weighted by atomic mass is 79.9. The topological polar surface area (TPSA) is 61.7 Å². The number of hydrogen-bond acceptors (Lipinski definition) is 3. The number of nitrogens with two attached hydrogens (primary N) is 1. The molecular formula is C14H15BrFN5. The van der Waals surface area contributed by atoms with Gasteiger partial charge in [-0.25, -0.2) is 14.1 Å². The Morgan fingerprint density at radius 2 is 2.14 bits per heavy atom. The molecule has 2 N–H and O–H groups in total. The van der Waals surface area contributed by atoms with Crippen molar-refractivity contribution in [3.05, 3.63) is 34.2 Å². The summed E-state index contributed by atoms with van der Waals surface area (Å²) in [5, 5.41) is 4.49. The molecule has 0 fully saturated rings. The van der Waals surface area contributed by atoms with E-state index in [-0.39, 0.29) is 5.82 Å². The molecule has 0 amide bonds. The van der Waals surface area contributed by atoms with Gasteiger partial charge in [0.15, 0.2) is 5.65 Å². The molecule has 2 aromatic heterocycles. The second-order valence-corrected chi connectivity index (χ2v) is 5.75. The van der Waals surface area contributed by atoms with Crippen LogP contribution in [0.1, 0.15) is 19.0 Å². The van der Waals surface area contributed by atoms with Gasteiger partial charge >= 0.3 is 0 Å². The number of fused-ring (bicyclic) bond motifs is 1. The van der Waals surface area contributed by atoms with E-state index in [9.17, 15) is 4.39 Å². The van der Waals surface area contributed by atoms with E-state index in [1.165, 1.54) is 12.1 Å². The van der Waals surface area contributed by atoms with Gasteiger partial charge in [0, 0.05) is 11.5 Å². The van der Waals surface area contributed by atoms with Gasteiger partial charge in [-0.3, -0.25) is 4.57 Å². The van der Waals surface area contributed by atoms with Crippen molar-refractivity contribution in [3.8, 4) is 5.69 Å². The lowest BCUT2D eigenvalue weighted by atomic mass is 10.2. The number of aryl methyl sites for hydroxylation is 2. The van der Waals surface area contributed by atoms with E-state index in [2.05, 4.69) is 32.9 Å². The zero-order chi connectivity index (χ0) is 15.1. The van der Waals surface area contributed by atoms with Gasteiger partial charge in [-0.05, 0) is 40.5 Å². The van der Waals surface area contributed by atoms with Gasteiger partial charge in [0.05, 0.1) is 11.4 Å². The molecular weight excluding hydrogens is 337 g/mol. The summed E-state index contributed by atoms with van der Waals surface area (Å²) in [6.45, 7) is 2.09. The molecule has 110 valence electrons. The lowest BCUT2D eigenvalue weighted by Gasteiger charge is -2.09. The van der Waals surface area contributed by atoms with E-state index in [4.69, 9.17) is 5.73 Å². The minimum Gasteiger partial charge on any atom is -0.369 e.